The van der Waals surface area contributed by atoms with Crippen molar-refractivity contribution in [2.45, 2.75) is 32.6 Å². The van der Waals surface area contributed by atoms with Gasteiger partial charge in [-0.05, 0) is 43.5 Å². The monoisotopic (exact) mass is 502 g/mol. The van der Waals surface area contributed by atoms with E-state index in [4.69, 9.17) is 21.3 Å². The van der Waals surface area contributed by atoms with Gasteiger partial charge in [0.25, 0.3) is 5.91 Å². The molecule has 186 valence electrons. The highest BCUT2D eigenvalue weighted by Crippen LogP contribution is 2.42. The second-order valence-corrected chi connectivity index (χ2v) is 8.17. The van der Waals surface area contributed by atoms with Crippen molar-refractivity contribution in [1.82, 2.24) is 16.0 Å². The highest BCUT2D eigenvalue weighted by molar-refractivity contribution is 6.32. The van der Waals surface area contributed by atoms with Crippen LogP contribution in [0.3, 0.4) is 0 Å². The number of rotatable bonds is 11. The topological polar surface area (TPSA) is 157 Å². The lowest BCUT2D eigenvalue weighted by molar-refractivity contribution is -0.129. The van der Waals surface area contributed by atoms with E-state index < -0.39 is 11.8 Å². The molecule has 2 amide bonds. The van der Waals surface area contributed by atoms with Crippen LogP contribution in [0.2, 0.25) is 5.02 Å². The van der Waals surface area contributed by atoms with Crippen molar-refractivity contribution in [2.24, 2.45) is 0 Å². The van der Waals surface area contributed by atoms with Gasteiger partial charge in [-0.1, -0.05) is 35.3 Å². The van der Waals surface area contributed by atoms with E-state index in [1.54, 1.807) is 24.5 Å². The van der Waals surface area contributed by atoms with Gasteiger partial charge < -0.3 is 25.4 Å². The van der Waals surface area contributed by atoms with E-state index in [-0.39, 0.29) is 40.0 Å². The maximum absolute atomic E-state index is 12.6. The molecule has 10 nitrogen and oxygen atoms in total. The molecule has 1 aromatic heterocycles. The smallest absolute Gasteiger partial charge is 0.274 e. The summed E-state index contributed by atoms with van der Waals surface area (Å²) in [4.78, 5) is 23.7. The molecule has 6 N–H and O–H groups in total. The van der Waals surface area contributed by atoms with Crippen LogP contribution in [0.15, 0.2) is 40.9 Å². The number of unbranched alkanes of at least 4 members (excludes halogenated alkanes) is 2. The van der Waals surface area contributed by atoms with Crippen molar-refractivity contribution in [2.75, 3.05) is 18.4 Å². The number of nitrogens with one attached hydrogen (secondary N) is 3. The number of phenolic OH excluding ortho intramolecular Hbond substituents is 2. The van der Waals surface area contributed by atoms with Crippen LogP contribution in [0.1, 0.15) is 43.1 Å². The Bertz CT molecular complexity index is 1180. The third kappa shape index (κ3) is 6.43. The standard InChI is InChI=1S/C24H27ClN4O6/c1-2-26-24(33)22-21(23(35-29-22)16-12-17(25)19(31)13-18(16)30)14-7-9-15(10-8-14)27-11-5-3-4-6-20(32)28-34/h7-10,12-13,27,30-31,34H,2-6,11H2,1H3,(H,26,33)(H,28,32). The molecule has 0 atom stereocenters. The normalized spacial score (nSPS) is 10.7. The highest BCUT2D eigenvalue weighted by Gasteiger charge is 2.26. The number of carbonyl (C=O) groups excluding carboxylic acids is 2. The minimum atomic E-state index is -0.432. The van der Waals surface area contributed by atoms with Crippen molar-refractivity contribution in [3.05, 3.63) is 47.1 Å². The number of anilines is 1. The molecule has 0 saturated carbocycles. The molecule has 2 aromatic carbocycles. The summed E-state index contributed by atoms with van der Waals surface area (Å²) in [6.45, 7) is 2.87. The van der Waals surface area contributed by atoms with Gasteiger partial charge >= 0.3 is 0 Å². The molecule has 0 aliphatic heterocycles. The Morgan fingerprint density at radius 2 is 1.80 bits per heavy atom. The van der Waals surface area contributed by atoms with Gasteiger partial charge in [0, 0.05) is 31.3 Å². The first kappa shape index (κ1) is 25.9. The summed E-state index contributed by atoms with van der Waals surface area (Å²) < 4.78 is 5.47. The Hall–Kier alpha value is -3.76. The summed E-state index contributed by atoms with van der Waals surface area (Å²) in [5.74, 6) is -1.25. The lowest BCUT2D eigenvalue weighted by atomic mass is 9.98. The molecule has 35 heavy (non-hydrogen) atoms. The van der Waals surface area contributed by atoms with Crippen molar-refractivity contribution in [1.29, 1.82) is 0 Å². The Morgan fingerprint density at radius 3 is 2.49 bits per heavy atom. The van der Waals surface area contributed by atoms with Gasteiger partial charge in [-0.15, -0.1) is 0 Å². The molecule has 0 spiro atoms. The fourth-order valence-corrected chi connectivity index (χ4v) is 3.67. The number of hydroxylamine groups is 1. The van der Waals surface area contributed by atoms with Gasteiger partial charge in [0.1, 0.15) is 11.5 Å². The molecule has 0 aliphatic rings. The summed E-state index contributed by atoms with van der Waals surface area (Å²) in [5, 5.41) is 38.6. The van der Waals surface area contributed by atoms with E-state index in [0.29, 0.717) is 30.6 Å². The Kier molecular flexibility index (Phi) is 8.93. The van der Waals surface area contributed by atoms with E-state index in [2.05, 4.69) is 15.8 Å². The lowest BCUT2D eigenvalue weighted by Crippen LogP contribution is -2.23. The zero-order valence-electron chi connectivity index (χ0n) is 19.1. The number of aromatic nitrogens is 1. The molecule has 0 aliphatic carbocycles. The third-order valence-electron chi connectivity index (χ3n) is 5.26. The fourth-order valence-electron chi connectivity index (χ4n) is 3.50. The van der Waals surface area contributed by atoms with Gasteiger partial charge in [-0.25, -0.2) is 5.48 Å². The molecule has 0 saturated heterocycles. The summed E-state index contributed by atoms with van der Waals surface area (Å²) in [7, 11) is 0. The van der Waals surface area contributed by atoms with E-state index in [1.165, 1.54) is 6.07 Å². The van der Waals surface area contributed by atoms with E-state index in [9.17, 15) is 19.8 Å². The van der Waals surface area contributed by atoms with E-state index in [1.807, 2.05) is 12.1 Å². The zero-order valence-corrected chi connectivity index (χ0v) is 19.9. The molecular weight excluding hydrogens is 476 g/mol. The summed E-state index contributed by atoms with van der Waals surface area (Å²) in [6, 6.07) is 9.72. The van der Waals surface area contributed by atoms with Gasteiger partial charge in [-0.2, -0.15) is 0 Å². The SMILES string of the molecule is CCNC(=O)c1noc(-c2cc(Cl)c(O)cc2O)c1-c1ccc(NCCCCCC(=O)NO)cc1. The number of amides is 2. The first-order valence-electron chi connectivity index (χ1n) is 11.1. The second kappa shape index (κ2) is 12.1. The average Bonchev–Trinajstić information content (AvgIpc) is 3.29. The molecule has 3 aromatic rings. The van der Waals surface area contributed by atoms with Crippen LogP contribution < -0.4 is 16.1 Å². The number of carbonyl (C=O) groups is 2. The number of aromatic hydroxyl groups is 2. The van der Waals surface area contributed by atoms with Crippen LogP contribution >= 0.6 is 11.6 Å². The van der Waals surface area contributed by atoms with Crippen molar-refractivity contribution in [3.63, 3.8) is 0 Å². The first-order valence-corrected chi connectivity index (χ1v) is 11.5. The maximum atomic E-state index is 12.6. The van der Waals surface area contributed by atoms with E-state index >= 15 is 0 Å². The van der Waals surface area contributed by atoms with Crippen LogP contribution in [-0.4, -0.2) is 45.5 Å². The molecule has 0 bridgehead atoms. The molecule has 0 fully saturated rings. The Balaban J connectivity index is 1.81. The predicted octanol–water partition coefficient (Wildman–Crippen LogP) is 4.30. The lowest BCUT2D eigenvalue weighted by Gasteiger charge is -2.10. The number of hydrogen-bond acceptors (Lipinski definition) is 8. The maximum Gasteiger partial charge on any atom is 0.274 e. The minimum absolute atomic E-state index is 0.0104. The van der Waals surface area contributed by atoms with Crippen molar-refractivity contribution in [3.8, 4) is 33.9 Å². The molecular formula is C24H27ClN4O6. The second-order valence-electron chi connectivity index (χ2n) is 7.77. The number of nitrogens with zero attached hydrogens (tertiary/aromatic N) is 1. The molecule has 11 heteroatoms. The average molecular weight is 503 g/mol. The predicted molar refractivity (Wildman–Crippen MR) is 131 cm³/mol. The Morgan fingerprint density at radius 1 is 1.06 bits per heavy atom. The van der Waals surface area contributed by atoms with Crippen LogP contribution in [0.25, 0.3) is 22.5 Å². The summed E-state index contributed by atoms with van der Waals surface area (Å²) in [6.07, 6.45) is 2.64. The quantitative estimate of drug-likeness (QED) is 0.129. The van der Waals surface area contributed by atoms with Crippen LogP contribution in [0.4, 0.5) is 5.69 Å². The van der Waals surface area contributed by atoms with Crippen LogP contribution in [0, 0.1) is 0 Å². The largest absolute Gasteiger partial charge is 0.507 e. The number of phenols is 2. The molecule has 0 radical (unpaired) electrons. The van der Waals surface area contributed by atoms with Crippen molar-refractivity contribution >= 4 is 29.1 Å². The Labute approximate surface area is 206 Å². The molecule has 1 heterocycles. The zero-order chi connectivity index (χ0) is 25.4. The molecule has 3 rings (SSSR count). The number of halogens is 1. The first-order chi connectivity index (χ1) is 16.8. The van der Waals surface area contributed by atoms with Gasteiger partial charge in [0.2, 0.25) is 5.91 Å². The van der Waals surface area contributed by atoms with Crippen molar-refractivity contribution < 1.29 is 29.5 Å². The fraction of sp³-hybridized carbons (Fsp3) is 0.292. The van der Waals surface area contributed by atoms with Gasteiger partial charge in [-0.3, -0.25) is 14.8 Å². The number of hydrogen-bond donors (Lipinski definition) is 6. The molecule has 0 unspecified atom stereocenters. The van der Waals surface area contributed by atoms with E-state index in [0.717, 1.165) is 24.6 Å². The summed E-state index contributed by atoms with van der Waals surface area (Å²) in [5.41, 5.74) is 3.72. The van der Waals surface area contributed by atoms with Crippen LogP contribution in [0.5, 0.6) is 11.5 Å². The minimum Gasteiger partial charge on any atom is -0.507 e. The van der Waals surface area contributed by atoms with Crippen LogP contribution in [-0.2, 0) is 4.79 Å². The summed E-state index contributed by atoms with van der Waals surface area (Å²) >= 11 is 6.04. The van der Waals surface area contributed by atoms with Gasteiger partial charge in [0.05, 0.1) is 16.1 Å². The highest BCUT2D eigenvalue weighted by atomic mass is 35.5. The third-order valence-corrected chi connectivity index (χ3v) is 5.57. The number of benzene rings is 2. The van der Waals surface area contributed by atoms with Gasteiger partial charge in [0.15, 0.2) is 11.5 Å².